The summed E-state index contributed by atoms with van der Waals surface area (Å²) in [7, 11) is -2.34. The molecule has 146 valence electrons. The third kappa shape index (κ3) is 4.85. The van der Waals surface area contributed by atoms with Gasteiger partial charge in [-0.1, -0.05) is 34.1 Å². The molecular formula is C19H17BrN2O4S2. The molecule has 0 saturated carbocycles. The number of ether oxygens (including phenoxy) is 1. The monoisotopic (exact) mass is 480 g/mol. The number of carbonyl (C=O) groups is 1. The molecule has 0 aliphatic rings. The number of thiazole rings is 1. The number of hydrogen-bond donors (Lipinski definition) is 1. The van der Waals surface area contributed by atoms with Crippen LogP contribution in [0.1, 0.15) is 21.6 Å². The molecule has 0 spiro atoms. The van der Waals surface area contributed by atoms with Crippen LogP contribution < -0.4 is 4.72 Å². The van der Waals surface area contributed by atoms with E-state index < -0.39 is 16.0 Å². The molecular weight excluding hydrogens is 464 g/mol. The summed E-state index contributed by atoms with van der Waals surface area (Å²) in [4.78, 5) is 16.0. The highest BCUT2D eigenvalue weighted by Gasteiger charge is 2.16. The van der Waals surface area contributed by atoms with E-state index in [0.29, 0.717) is 9.48 Å². The van der Waals surface area contributed by atoms with Gasteiger partial charge in [-0.25, -0.2) is 22.9 Å². The Balaban J connectivity index is 1.78. The molecule has 0 atom stereocenters. The number of rotatable bonds is 6. The summed E-state index contributed by atoms with van der Waals surface area (Å²) in [6, 6.07) is 12.4. The van der Waals surface area contributed by atoms with Gasteiger partial charge in [-0.15, -0.1) is 11.3 Å². The number of esters is 1. The Morgan fingerprint density at radius 1 is 1.25 bits per heavy atom. The molecule has 2 aromatic carbocycles. The summed E-state index contributed by atoms with van der Waals surface area (Å²) in [5.74, 6) is -0.490. The van der Waals surface area contributed by atoms with Crippen molar-refractivity contribution >= 4 is 43.3 Å². The first-order chi connectivity index (χ1) is 13.3. The van der Waals surface area contributed by atoms with Crippen LogP contribution in [0.5, 0.6) is 0 Å². The van der Waals surface area contributed by atoms with Crippen molar-refractivity contribution in [1.82, 2.24) is 9.71 Å². The van der Waals surface area contributed by atoms with Crippen molar-refractivity contribution in [1.29, 1.82) is 0 Å². The number of aryl methyl sites for hydroxylation is 1. The van der Waals surface area contributed by atoms with Crippen LogP contribution >= 0.6 is 27.3 Å². The van der Waals surface area contributed by atoms with Crippen LogP contribution in [0.3, 0.4) is 0 Å². The first kappa shape index (κ1) is 20.7. The summed E-state index contributed by atoms with van der Waals surface area (Å²) in [6.45, 7) is 1.97. The van der Waals surface area contributed by atoms with E-state index in [2.05, 4.69) is 30.4 Å². The van der Waals surface area contributed by atoms with Gasteiger partial charge in [-0.05, 0) is 42.3 Å². The average Bonchev–Trinajstić information content (AvgIpc) is 3.15. The lowest BCUT2D eigenvalue weighted by Crippen LogP contribution is -2.23. The predicted octanol–water partition coefficient (Wildman–Crippen LogP) is 4.15. The third-order valence-electron chi connectivity index (χ3n) is 3.86. The summed E-state index contributed by atoms with van der Waals surface area (Å²) in [6.07, 6.45) is 0. The molecule has 0 bridgehead atoms. The average molecular weight is 481 g/mol. The Morgan fingerprint density at radius 2 is 2.04 bits per heavy atom. The predicted molar refractivity (Wildman–Crippen MR) is 112 cm³/mol. The first-order valence-corrected chi connectivity index (χ1v) is 11.3. The molecule has 0 amide bonds. The molecule has 1 heterocycles. The molecule has 0 unspecified atom stereocenters. The number of nitrogens with one attached hydrogen (secondary N) is 1. The van der Waals surface area contributed by atoms with Gasteiger partial charge in [-0.3, -0.25) is 0 Å². The number of benzene rings is 2. The fourth-order valence-corrected chi connectivity index (χ4v) is 5.23. The van der Waals surface area contributed by atoms with Crippen molar-refractivity contribution in [2.75, 3.05) is 7.11 Å². The van der Waals surface area contributed by atoms with Crippen molar-refractivity contribution in [2.45, 2.75) is 18.4 Å². The fourth-order valence-electron chi connectivity index (χ4n) is 2.54. The van der Waals surface area contributed by atoms with E-state index in [-0.39, 0.29) is 17.1 Å². The van der Waals surface area contributed by atoms with Gasteiger partial charge >= 0.3 is 5.97 Å². The lowest BCUT2D eigenvalue weighted by molar-refractivity contribution is 0.0595. The van der Waals surface area contributed by atoms with E-state index in [1.165, 1.54) is 18.4 Å². The third-order valence-corrected chi connectivity index (χ3v) is 6.59. The van der Waals surface area contributed by atoms with Gasteiger partial charge in [0.1, 0.15) is 5.01 Å². The Bertz CT molecular complexity index is 1110. The normalized spacial score (nSPS) is 11.4. The zero-order valence-corrected chi connectivity index (χ0v) is 18.3. The van der Waals surface area contributed by atoms with E-state index in [0.717, 1.165) is 16.7 Å². The molecule has 6 nitrogen and oxygen atoms in total. The van der Waals surface area contributed by atoms with Gasteiger partial charge in [0.15, 0.2) is 5.69 Å². The van der Waals surface area contributed by atoms with Gasteiger partial charge in [0.25, 0.3) is 0 Å². The Morgan fingerprint density at radius 3 is 2.75 bits per heavy atom. The van der Waals surface area contributed by atoms with Gasteiger partial charge in [0.05, 0.1) is 12.0 Å². The minimum atomic E-state index is -3.65. The lowest BCUT2D eigenvalue weighted by atomic mass is 10.1. The van der Waals surface area contributed by atoms with Crippen LogP contribution in [-0.4, -0.2) is 26.5 Å². The largest absolute Gasteiger partial charge is 0.464 e. The molecule has 9 heteroatoms. The second-order valence-corrected chi connectivity index (χ2v) is 9.56. The topological polar surface area (TPSA) is 85.4 Å². The molecule has 0 saturated heterocycles. The van der Waals surface area contributed by atoms with Crippen LogP contribution in [0.4, 0.5) is 0 Å². The maximum atomic E-state index is 12.6. The summed E-state index contributed by atoms with van der Waals surface area (Å²) < 4.78 is 33.2. The van der Waals surface area contributed by atoms with Crippen molar-refractivity contribution in [3.8, 4) is 10.6 Å². The van der Waals surface area contributed by atoms with Crippen LogP contribution in [0.2, 0.25) is 0 Å². The van der Waals surface area contributed by atoms with Crippen molar-refractivity contribution in [3.05, 3.63) is 69.1 Å². The lowest BCUT2D eigenvalue weighted by Gasteiger charge is -2.09. The van der Waals surface area contributed by atoms with E-state index >= 15 is 0 Å². The van der Waals surface area contributed by atoms with E-state index in [1.807, 2.05) is 37.3 Å². The second kappa shape index (κ2) is 8.52. The van der Waals surface area contributed by atoms with Crippen LogP contribution in [-0.2, 0) is 21.3 Å². The van der Waals surface area contributed by atoms with Crippen LogP contribution in [0, 0.1) is 6.92 Å². The standard InChI is InChI=1S/C19H17BrN2O4S2/c1-12-6-15(20)9-16(7-12)28(24,25)21-10-13-4-3-5-14(8-13)18-22-17(11-27-18)19(23)26-2/h3-9,11,21H,10H2,1-2H3. The summed E-state index contributed by atoms with van der Waals surface area (Å²) in [5, 5.41) is 2.29. The molecule has 0 radical (unpaired) electrons. The smallest absolute Gasteiger partial charge is 0.357 e. The summed E-state index contributed by atoms with van der Waals surface area (Å²) in [5.41, 5.74) is 2.68. The van der Waals surface area contributed by atoms with Gasteiger partial charge < -0.3 is 4.74 Å². The minimum absolute atomic E-state index is 0.136. The number of halogens is 1. The van der Waals surface area contributed by atoms with E-state index in [9.17, 15) is 13.2 Å². The van der Waals surface area contributed by atoms with Crippen molar-refractivity contribution < 1.29 is 17.9 Å². The Kier molecular flexibility index (Phi) is 6.29. The number of nitrogens with zero attached hydrogens (tertiary/aromatic N) is 1. The zero-order valence-electron chi connectivity index (χ0n) is 15.1. The van der Waals surface area contributed by atoms with Crippen molar-refractivity contribution in [2.24, 2.45) is 0 Å². The number of sulfonamides is 1. The highest BCUT2D eigenvalue weighted by atomic mass is 79.9. The maximum absolute atomic E-state index is 12.6. The van der Waals surface area contributed by atoms with E-state index in [4.69, 9.17) is 0 Å². The van der Waals surface area contributed by atoms with Crippen LogP contribution in [0.25, 0.3) is 10.6 Å². The quantitative estimate of drug-likeness (QED) is 0.535. The maximum Gasteiger partial charge on any atom is 0.357 e. The van der Waals surface area contributed by atoms with Gasteiger partial charge in [0.2, 0.25) is 10.0 Å². The molecule has 3 rings (SSSR count). The number of aromatic nitrogens is 1. The molecule has 1 N–H and O–H groups in total. The zero-order chi connectivity index (χ0) is 20.3. The molecule has 0 aliphatic carbocycles. The molecule has 1 aromatic heterocycles. The molecule has 0 fully saturated rings. The molecule has 3 aromatic rings. The van der Waals surface area contributed by atoms with Gasteiger partial charge in [-0.2, -0.15) is 0 Å². The van der Waals surface area contributed by atoms with E-state index in [1.54, 1.807) is 17.5 Å². The number of hydrogen-bond acceptors (Lipinski definition) is 6. The molecule has 28 heavy (non-hydrogen) atoms. The number of carbonyl (C=O) groups excluding carboxylic acids is 1. The SMILES string of the molecule is COC(=O)c1csc(-c2cccc(CNS(=O)(=O)c3cc(C)cc(Br)c3)c2)n1. The van der Waals surface area contributed by atoms with Crippen molar-refractivity contribution in [3.63, 3.8) is 0 Å². The highest BCUT2D eigenvalue weighted by molar-refractivity contribution is 9.10. The highest BCUT2D eigenvalue weighted by Crippen LogP contribution is 2.25. The second-order valence-electron chi connectivity index (χ2n) is 6.02. The molecule has 0 aliphatic heterocycles. The fraction of sp³-hybridized carbons (Fsp3) is 0.158. The van der Waals surface area contributed by atoms with Crippen LogP contribution in [0.15, 0.2) is 57.2 Å². The first-order valence-electron chi connectivity index (χ1n) is 8.18. The Labute approximate surface area is 175 Å². The minimum Gasteiger partial charge on any atom is -0.464 e. The van der Waals surface area contributed by atoms with Gasteiger partial charge in [0, 0.05) is 22.0 Å². The summed E-state index contributed by atoms with van der Waals surface area (Å²) >= 11 is 4.65. The number of methoxy groups -OCH3 is 1. The Hall–Kier alpha value is -2.07.